The molecule has 2 aliphatic rings. The van der Waals surface area contributed by atoms with Crippen molar-refractivity contribution in [2.45, 2.75) is 25.1 Å². The third kappa shape index (κ3) is 3.05. The molecule has 1 saturated heterocycles. The van der Waals surface area contributed by atoms with E-state index in [1.165, 1.54) is 5.56 Å². The molecule has 2 aliphatic heterocycles. The molecule has 2 heterocycles. The highest BCUT2D eigenvalue weighted by Crippen LogP contribution is 2.49. The average Bonchev–Trinajstić information content (AvgIpc) is 3.07. The zero-order valence-electron chi connectivity index (χ0n) is 14.5. The van der Waals surface area contributed by atoms with Gasteiger partial charge in [-0.25, -0.2) is 10.9 Å². The largest absolute Gasteiger partial charge is 0.458 e. The maximum absolute atomic E-state index is 9.78. The Kier molecular flexibility index (Phi) is 4.75. The van der Waals surface area contributed by atoms with Gasteiger partial charge in [0.1, 0.15) is 6.07 Å². The molecule has 5 nitrogen and oxygen atoms in total. The van der Waals surface area contributed by atoms with Crippen LogP contribution in [0.3, 0.4) is 0 Å². The Balaban J connectivity index is 1.86. The fourth-order valence-corrected chi connectivity index (χ4v) is 4.31. The van der Waals surface area contributed by atoms with Crippen molar-refractivity contribution in [3.8, 4) is 6.07 Å². The van der Waals surface area contributed by atoms with Gasteiger partial charge in [-0.1, -0.05) is 65.2 Å². The number of hydrogen-bond donors (Lipinski definition) is 3. The van der Waals surface area contributed by atoms with E-state index < -0.39 is 6.23 Å². The molecule has 0 radical (unpaired) electrons. The van der Waals surface area contributed by atoms with Crippen molar-refractivity contribution in [1.82, 2.24) is 10.9 Å². The highest BCUT2D eigenvalue weighted by atomic mass is 35.5. The number of rotatable bonds is 2. The number of halogens is 2. The molecule has 4 N–H and O–H groups in total. The molecule has 0 saturated carbocycles. The molecule has 7 heteroatoms. The Hall–Kier alpha value is -2.23. The van der Waals surface area contributed by atoms with Gasteiger partial charge in [0.05, 0.1) is 21.7 Å². The molecule has 27 heavy (non-hydrogen) atoms. The SMILES string of the molecule is Cc1ccc(C2NNC3OC(N)=C(C#N)C(c4cccc(Cl)c4Cl)C32)cc1. The number of ether oxygens (including phenoxy) is 1. The van der Waals surface area contributed by atoms with Crippen LogP contribution in [0, 0.1) is 24.2 Å². The summed E-state index contributed by atoms with van der Waals surface area (Å²) in [5, 5.41) is 10.7. The highest BCUT2D eigenvalue weighted by molar-refractivity contribution is 6.42. The number of benzene rings is 2. The fourth-order valence-electron chi connectivity index (χ4n) is 3.89. The van der Waals surface area contributed by atoms with E-state index >= 15 is 0 Å². The highest BCUT2D eigenvalue weighted by Gasteiger charge is 2.49. The lowest BCUT2D eigenvalue weighted by Crippen LogP contribution is -2.41. The fraction of sp³-hybridized carbons (Fsp3) is 0.250. The molecule has 0 aliphatic carbocycles. The van der Waals surface area contributed by atoms with Gasteiger partial charge in [0, 0.05) is 11.8 Å². The molecule has 0 amide bonds. The van der Waals surface area contributed by atoms with Crippen molar-refractivity contribution in [3.63, 3.8) is 0 Å². The van der Waals surface area contributed by atoms with Crippen LogP contribution >= 0.6 is 23.2 Å². The van der Waals surface area contributed by atoms with Crippen molar-refractivity contribution in [2.75, 3.05) is 0 Å². The lowest BCUT2D eigenvalue weighted by Gasteiger charge is -2.36. The molecule has 138 valence electrons. The van der Waals surface area contributed by atoms with E-state index in [0.29, 0.717) is 15.6 Å². The summed E-state index contributed by atoms with van der Waals surface area (Å²) in [5.74, 6) is -0.377. The maximum atomic E-state index is 9.78. The van der Waals surface area contributed by atoms with E-state index in [2.05, 4.69) is 41.2 Å². The van der Waals surface area contributed by atoms with Crippen LogP contribution in [0.5, 0.6) is 0 Å². The van der Waals surface area contributed by atoms with E-state index in [1.807, 2.05) is 19.1 Å². The number of allylic oxidation sites excluding steroid dienone is 1. The van der Waals surface area contributed by atoms with Crippen molar-refractivity contribution in [1.29, 1.82) is 5.26 Å². The van der Waals surface area contributed by atoms with E-state index in [4.69, 9.17) is 33.7 Å². The van der Waals surface area contributed by atoms with Gasteiger partial charge < -0.3 is 10.5 Å². The second-order valence-corrected chi connectivity index (χ2v) is 7.59. The van der Waals surface area contributed by atoms with E-state index in [-0.39, 0.29) is 23.8 Å². The van der Waals surface area contributed by atoms with Crippen LogP contribution in [-0.2, 0) is 4.74 Å². The van der Waals surface area contributed by atoms with Gasteiger partial charge in [-0.3, -0.25) is 0 Å². The summed E-state index contributed by atoms with van der Waals surface area (Å²) in [5.41, 5.74) is 15.9. The summed E-state index contributed by atoms with van der Waals surface area (Å²) >= 11 is 12.8. The molecule has 4 rings (SSSR count). The van der Waals surface area contributed by atoms with Crippen molar-refractivity contribution < 1.29 is 4.74 Å². The third-order valence-electron chi connectivity index (χ3n) is 5.20. The first kappa shape index (κ1) is 18.1. The van der Waals surface area contributed by atoms with E-state index in [0.717, 1.165) is 11.1 Å². The zero-order chi connectivity index (χ0) is 19.1. The van der Waals surface area contributed by atoms with Gasteiger partial charge in [-0.2, -0.15) is 5.26 Å². The van der Waals surface area contributed by atoms with Gasteiger partial charge in [0.25, 0.3) is 0 Å². The lowest BCUT2D eigenvalue weighted by atomic mass is 9.74. The standard InChI is InChI=1S/C20H18Cl2N4O/c1-10-5-7-11(8-6-10)18-16-15(12-3-2-4-14(21)17(12)22)13(9-23)19(24)27-20(16)26-25-18/h2-8,15-16,18,20,25-26H,24H2,1H3. The first-order chi connectivity index (χ1) is 13.0. The smallest absolute Gasteiger partial charge is 0.200 e. The Bertz CT molecular complexity index is 951. The van der Waals surface area contributed by atoms with Gasteiger partial charge in [0.2, 0.25) is 5.88 Å². The topological polar surface area (TPSA) is 83.1 Å². The quantitative estimate of drug-likeness (QED) is 0.711. The first-order valence-electron chi connectivity index (χ1n) is 8.59. The van der Waals surface area contributed by atoms with Crippen LogP contribution in [0.2, 0.25) is 10.0 Å². The zero-order valence-corrected chi connectivity index (χ0v) is 16.1. The number of hydrogen-bond acceptors (Lipinski definition) is 5. The summed E-state index contributed by atoms with van der Waals surface area (Å²) in [7, 11) is 0. The van der Waals surface area contributed by atoms with Gasteiger partial charge in [-0.05, 0) is 24.1 Å². The monoisotopic (exact) mass is 400 g/mol. The molecule has 1 fully saturated rings. The third-order valence-corrected chi connectivity index (χ3v) is 6.04. The number of aryl methyl sites for hydroxylation is 1. The number of nitrogens with one attached hydrogen (secondary N) is 2. The second kappa shape index (κ2) is 7.06. The molecule has 4 atom stereocenters. The van der Waals surface area contributed by atoms with Gasteiger partial charge in [-0.15, -0.1) is 0 Å². The minimum absolute atomic E-state index is 0.0906. The molecule has 0 spiro atoms. The molecular formula is C20H18Cl2N4O. The van der Waals surface area contributed by atoms with Gasteiger partial charge >= 0.3 is 0 Å². The van der Waals surface area contributed by atoms with Crippen molar-refractivity contribution >= 4 is 23.2 Å². The van der Waals surface area contributed by atoms with Crippen LogP contribution in [0.25, 0.3) is 0 Å². The Morgan fingerprint density at radius 2 is 1.85 bits per heavy atom. The lowest BCUT2D eigenvalue weighted by molar-refractivity contribution is 0.0341. The number of nitrogens with two attached hydrogens (primary N) is 1. The minimum atomic E-state index is -0.395. The van der Waals surface area contributed by atoms with Crippen molar-refractivity contribution in [3.05, 3.63) is 80.7 Å². The molecule has 2 aromatic rings. The molecule has 4 unspecified atom stereocenters. The predicted octanol–water partition coefficient (Wildman–Crippen LogP) is 3.90. The van der Waals surface area contributed by atoms with Crippen LogP contribution in [0.15, 0.2) is 53.9 Å². The second-order valence-electron chi connectivity index (χ2n) is 6.80. The number of nitrogens with zero attached hydrogens (tertiary/aromatic N) is 1. The average molecular weight is 401 g/mol. The van der Waals surface area contributed by atoms with Crippen LogP contribution in [0.4, 0.5) is 0 Å². The Morgan fingerprint density at radius 1 is 1.11 bits per heavy atom. The molecule has 0 aromatic heterocycles. The summed E-state index contributed by atoms with van der Waals surface area (Å²) in [6.45, 7) is 2.04. The Labute approximate surface area is 167 Å². The molecular weight excluding hydrogens is 383 g/mol. The van der Waals surface area contributed by atoms with Crippen LogP contribution in [0.1, 0.15) is 28.7 Å². The minimum Gasteiger partial charge on any atom is -0.458 e. The van der Waals surface area contributed by atoms with E-state index in [1.54, 1.807) is 6.07 Å². The number of fused-ring (bicyclic) bond motifs is 1. The normalized spacial score (nSPS) is 27.0. The van der Waals surface area contributed by atoms with E-state index in [9.17, 15) is 5.26 Å². The molecule has 0 bridgehead atoms. The Morgan fingerprint density at radius 3 is 2.56 bits per heavy atom. The number of hydrazine groups is 1. The summed E-state index contributed by atoms with van der Waals surface area (Å²) < 4.78 is 5.80. The maximum Gasteiger partial charge on any atom is 0.200 e. The predicted molar refractivity (Wildman–Crippen MR) is 105 cm³/mol. The van der Waals surface area contributed by atoms with Crippen LogP contribution in [-0.4, -0.2) is 6.23 Å². The summed E-state index contributed by atoms with van der Waals surface area (Å²) in [6.07, 6.45) is -0.395. The first-order valence-corrected chi connectivity index (χ1v) is 9.34. The number of nitriles is 1. The van der Waals surface area contributed by atoms with Crippen molar-refractivity contribution in [2.24, 2.45) is 11.7 Å². The summed E-state index contributed by atoms with van der Waals surface area (Å²) in [6, 6.07) is 15.8. The van der Waals surface area contributed by atoms with Gasteiger partial charge in [0.15, 0.2) is 6.23 Å². The molecule has 2 aromatic carbocycles. The van der Waals surface area contributed by atoms with Crippen LogP contribution < -0.4 is 16.6 Å². The summed E-state index contributed by atoms with van der Waals surface area (Å²) in [4.78, 5) is 0.